The van der Waals surface area contributed by atoms with Gasteiger partial charge in [0.1, 0.15) is 0 Å². The fourth-order valence-electron chi connectivity index (χ4n) is 2.47. The number of hydrogen-bond acceptors (Lipinski definition) is 5. The van der Waals surface area contributed by atoms with Gasteiger partial charge in [0.05, 0.1) is 19.3 Å². The van der Waals surface area contributed by atoms with Crippen LogP contribution < -0.4 is 5.73 Å². The summed E-state index contributed by atoms with van der Waals surface area (Å²) in [7, 11) is 0. The van der Waals surface area contributed by atoms with E-state index in [0.717, 1.165) is 18.7 Å². The van der Waals surface area contributed by atoms with E-state index in [1.165, 1.54) is 0 Å². The second-order valence-corrected chi connectivity index (χ2v) is 6.07. The lowest BCUT2D eigenvalue weighted by Gasteiger charge is -2.31. The number of nitrogens with zero attached hydrogens (tertiary/aromatic N) is 4. The Kier molecular flexibility index (Phi) is 7.45. The highest BCUT2D eigenvalue weighted by molar-refractivity contribution is 14.0. The van der Waals surface area contributed by atoms with Crippen molar-refractivity contribution in [3.05, 3.63) is 35.2 Å². The smallest absolute Gasteiger partial charge is 0.228 e. The molecule has 2 N–H and O–H groups in total. The van der Waals surface area contributed by atoms with Gasteiger partial charge in [-0.25, -0.2) is 0 Å². The van der Waals surface area contributed by atoms with Crippen molar-refractivity contribution in [1.82, 2.24) is 15.0 Å². The van der Waals surface area contributed by atoms with Crippen molar-refractivity contribution in [3.8, 4) is 11.4 Å². The Labute approximate surface area is 168 Å². The van der Waals surface area contributed by atoms with E-state index in [1.807, 2.05) is 24.0 Å². The molecule has 1 aliphatic heterocycles. The largest absolute Gasteiger partial charge is 0.375 e. The van der Waals surface area contributed by atoms with E-state index < -0.39 is 0 Å². The summed E-state index contributed by atoms with van der Waals surface area (Å²) < 4.78 is 10.7. The first-order valence-corrected chi connectivity index (χ1v) is 8.24. The Bertz CT molecular complexity index is 707. The summed E-state index contributed by atoms with van der Waals surface area (Å²) in [4.78, 5) is 10.8. The number of guanidine groups is 1. The molecule has 0 amide bonds. The lowest BCUT2D eigenvalue weighted by atomic mass is 10.2. The molecule has 3 rings (SSSR count). The van der Waals surface area contributed by atoms with E-state index >= 15 is 0 Å². The Hall–Kier alpha value is -1.39. The fraction of sp³-hybridized carbons (Fsp3) is 0.438. The summed E-state index contributed by atoms with van der Waals surface area (Å²) in [6.45, 7) is 4.72. The number of hydrogen-bond donors (Lipinski definition) is 1. The maximum atomic E-state index is 6.03. The standard InChI is InChI=1S/C16H20ClN5O2.HI/c1-11-10-22(8-9-23-11)16(18)19-7-6-14-20-15(21-24-14)12-2-4-13(17)5-3-12;/h2-5,11H,6-10H2,1H3,(H2,18,19);1H. The molecule has 25 heavy (non-hydrogen) atoms. The molecule has 0 bridgehead atoms. The van der Waals surface area contributed by atoms with Gasteiger partial charge in [-0.15, -0.1) is 24.0 Å². The number of aromatic nitrogens is 2. The maximum Gasteiger partial charge on any atom is 0.228 e. The molecule has 7 nitrogen and oxygen atoms in total. The van der Waals surface area contributed by atoms with Crippen LogP contribution in [0.1, 0.15) is 12.8 Å². The van der Waals surface area contributed by atoms with Gasteiger partial charge in [-0.3, -0.25) is 4.99 Å². The minimum absolute atomic E-state index is 0. The molecule has 0 spiro atoms. The molecule has 1 atom stereocenters. The summed E-state index contributed by atoms with van der Waals surface area (Å²) in [5, 5.41) is 4.65. The molecule has 2 aromatic rings. The molecule has 0 radical (unpaired) electrons. The normalized spacial score (nSPS) is 18.1. The van der Waals surface area contributed by atoms with Gasteiger partial charge in [0.25, 0.3) is 0 Å². The van der Waals surface area contributed by atoms with Crippen molar-refractivity contribution >= 4 is 41.5 Å². The molecule has 1 aromatic heterocycles. The zero-order valence-corrected chi connectivity index (χ0v) is 17.0. The molecule has 1 unspecified atom stereocenters. The summed E-state index contributed by atoms with van der Waals surface area (Å²) in [6, 6.07) is 7.29. The lowest BCUT2D eigenvalue weighted by Crippen LogP contribution is -2.47. The van der Waals surface area contributed by atoms with Gasteiger partial charge < -0.3 is 19.9 Å². The van der Waals surface area contributed by atoms with Crippen LogP contribution in [0.4, 0.5) is 0 Å². The van der Waals surface area contributed by atoms with E-state index in [-0.39, 0.29) is 30.1 Å². The second kappa shape index (κ2) is 9.35. The van der Waals surface area contributed by atoms with E-state index in [9.17, 15) is 0 Å². The molecule has 9 heteroatoms. The topological polar surface area (TPSA) is 89.8 Å². The molecule has 2 heterocycles. The summed E-state index contributed by atoms with van der Waals surface area (Å²) >= 11 is 5.87. The zero-order valence-electron chi connectivity index (χ0n) is 13.9. The van der Waals surface area contributed by atoms with Crippen LogP contribution in [0.5, 0.6) is 0 Å². The molecule has 1 aromatic carbocycles. The third-order valence-corrected chi connectivity index (χ3v) is 3.99. The van der Waals surface area contributed by atoms with E-state index in [1.54, 1.807) is 12.1 Å². The third kappa shape index (κ3) is 5.55. The second-order valence-electron chi connectivity index (χ2n) is 5.64. The van der Waals surface area contributed by atoms with Gasteiger partial charge in [0.2, 0.25) is 11.7 Å². The van der Waals surface area contributed by atoms with Crippen molar-refractivity contribution in [2.75, 3.05) is 26.2 Å². The molecule has 1 fully saturated rings. The van der Waals surface area contributed by atoms with Crippen LogP contribution >= 0.6 is 35.6 Å². The van der Waals surface area contributed by atoms with Crippen LogP contribution in [0.25, 0.3) is 11.4 Å². The SMILES string of the molecule is CC1CN(C(N)=NCCc2nc(-c3ccc(Cl)cc3)no2)CCO1.I. The van der Waals surface area contributed by atoms with Crippen molar-refractivity contribution in [3.63, 3.8) is 0 Å². The average molecular weight is 478 g/mol. The number of nitrogens with two attached hydrogens (primary N) is 1. The van der Waals surface area contributed by atoms with E-state index in [0.29, 0.717) is 42.3 Å². The van der Waals surface area contributed by atoms with Gasteiger partial charge in [0.15, 0.2) is 5.96 Å². The van der Waals surface area contributed by atoms with Gasteiger partial charge in [-0.2, -0.15) is 4.98 Å². The maximum absolute atomic E-state index is 6.03. The number of ether oxygens (including phenoxy) is 1. The first kappa shape index (κ1) is 19.9. The van der Waals surface area contributed by atoms with Gasteiger partial charge in [-0.05, 0) is 31.2 Å². The van der Waals surface area contributed by atoms with Crippen LogP contribution in [0.15, 0.2) is 33.8 Å². The highest BCUT2D eigenvalue weighted by atomic mass is 127. The first-order valence-electron chi connectivity index (χ1n) is 7.87. The number of aliphatic imine (C=N–C) groups is 1. The van der Waals surface area contributed by atoms with Crippen LogP contribution in [0.3, 0.4) is 0 Å². The average Bonchev–Trinajstić information content (AvgIpc) is 3.04. The Morgan fingerprint density at radius 2 is 2.16 bits per heavy atom. The Balaban J connectivity index is 0.00000225. The number of morpholine rings is 1. The summed E-state index contributed by atoms with van der Waals surface area (Å²) in [6.07, 6.45) is 0.714. The van der Waals surface area contributed by atoms with Crippen molar-refractivity contribution in [2.45, 2.75) is 19.4 Å². The molecule has 1 aliphatic rings. The van der Waals surface area contributed by atoms with Crippen LogP contribution in [-0.2, 0) is 11.2 Å². The highest BCUT2D eigenvalue weighted by Gasteiger charge is 2.18. The minimum atomic E-state index is 0. The van der Waals surface area contributed by atoms with Gasteiger partial charge in [-0.1, -0.05) is 16.8 Å². The quantitative estimate of drug-likeness (QED) is 0.414. The molecular formula is C16H21ClIN5O2. The number of rotatable bonds is 4. The first-order chi connectivity index (χ1) is 11.6. The van der Waals surface area contributed by atoms with Gasteiger partial charge in [0, 0.05) is 30.1 Å². The van der Waals surface area contributed by atoms with Crippen molar-refractivity contribution in [2.24, 2.45) is 10.7 Å². The fourth-order valence-corrected chi connectivity index (χ4v) is 2.59. The molecule has 0 aliphatic carbocycles. The monoisotopic (exact) mass is 477 g/mol. The predicted octanol–water partition coefficient (Wildman–Crippen LogP) is 2.59. The Morgan fingerprint density at radius 1 is 1.40 bits per heavy atom. The van der Waals surface area contributed by atoms with Crippen LogP contribution in [-0.4, -0.2) is 53.3 Å². The molecular weight excluding hydrogens is 457 g/mol. The third-order valence-electron chi connectivity index (χ3n) is 3.74. The molecule has 1 saturated heterocycles. The number of benzene rings is 1. The van der Waals surface area contributed by atoms with Crippen molar-refractivity contribution < 1.29 is 9.26 Å². The minimum Gasteiger partial charge on any atom is -0.375 e. The molecule has 136 valence electrons. The zero-order chi connectivity index (χ0) is 16.9. The lowest BCUT2D eigenvalue weighted by molar-refractivity contribution is 0.00530. The van der Waals surface area contributed by atoms with Crippen LogP contribution in [0.2, 0.25) is 5.02 Å². The van der Waals surface area contributed by atoms with E-state index in [4.69, 9.17) is 26.6 Å². The summed E-state index contributed by atoms with van der Waals surface area (Å²) in [5.41, 5.74) is 6.89. The van der Waals surface area contributed by atoms with Gasteiger partial charge >= 0.3 is 0 Å². The van der Waals surface area contributed by atoms with Crippen LogP contribution in [0, 0.1) is 0 Å². The highest BCUT2D eigenvalue weighted by Crippen LogP contribution is 2.18. The van der Waals surface area contributed by atoms with E-state index in [2.05, 4.69) is 15.1 Å². The predicted molar refractivity (Wildman–Crippen MR) is 107 cm³/mol. The summed E-state index contributed by atoms with van der Waals surface area (Å²) in [5.74, 6) is 1.61. The Morgan fingerprint density at radius 3 is 2.88 bits per heavy atom. The number of halogens is 2. The van der Waals surface area contributed by atoms with Crippen molar-refractivity contribution in [1.29, 1.82) is 0 Å². The molecule has 0 saturated carbocycles.